The molecule has 6 heteroatoms. The number of anilines is 2. The van der Waals surface area contributed by atoms with Crippen molar-refractivity contribution in [3.05, 3.63) is 71.4 Å². The van der Waals surface area contributed by atoms with E-state index in [4.69, 9.17) is 5.26 Å². The number of methoxy groups -OCH3 is 1. The van der Waals surface area contributed by atoms with E-state index in [1.54, 1.807) is 36.4 Å². The van der Waals surface area contributed by atoms with Gasteiger partial charge in [-0.2, -0.15) is 5.26 Å². The molecule has 0 unspecified atom stereocenters. The number of rotatable bonds is 5. The van der Waals surface area contributed by atoms with E-state index in [0.717, 1.165) is 5.56 Å². The van der Waals surface area contributed by atoms with Crippen molar-refractivity contribution in [3.8, 4) is 6.07 Å². The van der Waals surface area contributed by atoms with Crippen molar-refractivity contribution in [3.63, 3.8) is 0 Å². The largest absolute Gasteiger partial charge is 0.465 e. The number of carbonyl (C=O) groups is 2. The Morgan fingerprint density at radius 3 is 2.32 bits per heavy atom. The predicted molar refractivity (Wildman–Crippen MR) is 94.9 cm³/mol. The van der Waals surface area contributed by atoms with E-state index in [0.29, 0.717) is 16.9 Å². The van der Waals surface area contributed by atoms with Gasteiger partial charge in [0.2, 0.25) is 0 Å². The van der Waals surface area contributed by atoms with Crippen LogP contribution >= 0.6 is 0 Å². The maximum absolute atomic E-state index is 12.3. The van der Waals surface area contributed by atoms with Crippen LogP contribution in [0.4, 0.5) is 11.4 Å². The van der Waals surface area contributed by atoms with E-state index in [-0.39, 0.29) is 11.5 Å². The molecular formula is C19H17N3O3. The zero-order valence-corrected chi connectivity index (χ0v) is 13.9. The summed E-state index contributed by atoms with van der Waals surface area (Å²) in [6, 6.07) is 16.0. The molecule has 6 nitrogen and oxygen atoms in total. The lowest BCUT2D eigenvalue weighted by molar-refractivity contribution is -0.135. The monoisotopic (exact) mass is 335 g/mol. The van der Waals surface area contributed by atoms with Crippen LogP contribution in [0.1, 0.15) is 15.9 Å². The Labute approximate surface area is 145 Å². The van der Waals surface area contributed by atoms with Crippen molar-refractivity contribution < 1.29 is 14.3 Å². The van der Waals surface area contributed by atoms with Gasteiger partial charge in [0.15, 0.2) is 5.57 Å². The fraction of sp³-hybridized carbons (Fsp3) is 0.105. The lowest BCUT2D eigenvalue weighted by Gasteiger charge is -2.08. The third-order valence-corrected chi connectivity index (χ3v) is 3.44. The third kappa shape index (κ3) is 4.69. The first-order valence-electron chi connectivity index (χ1n) is 7.47. The Kier molecular flexibility index (Phi) is 5.91. The summed E-state index contributed by atoms with van der Waals surface area (Å²) in [5.74, 6) is -0.895. The zero-order valence-electron chi connectivity index (χ0n) is 13.9. The molecule has 126 valence electrons. The average Bonchev–Trinajstić information content (AvgIpc) is 2.63. The molecule has 2 rings (SSSR count). The van der Waals surface area contributed by atoms with Gasteiger partial charge >= 0.3 is 5.97 Å². The standard InChI is InChI=1S/C19H17N3O3/c1-13-5-3-4-6-17(13)18(23)22-16-9-7-15(8-10-16)21-12-14(11-20)19(24)25-2/h3-10,12,21H,1-2H3,(H,22,23)/b14-12-. The van der Waals surface area contributed by atoms with E-state index in [1.165, 1.54) is 13.3 Å². The van der Waals surface area contributed by atoms with E-state index >= 15 is 0 Å². The molecule has 0 aliphatic heterocycles. The van der Waals surface area contributed by atoms with Crippen LogP contribution in [0.3, 0.4) is 0 Å². The summed E-state index contributed by atoms with van der Waals surface area (Å²) in [5.41, 5.74) is 2.67. The molecule has 2 aromatic carbocycles. The Morgan fingerprint density at radius 2 is 1.72 bits per heavy atom. The highest BCUT2D eigenvalue weighted by molar-refractivity contribution is 6.05. The summed E-state index contributed by atoms with van der Waals surface area (Å²) >= 11 is 0. The SMILES string of the molecule is COC(=O)/C(C#N)=C\Nc1ccc(NC(=O)c2ccccc2C)cc1. The highest BCUT2D eigenvalue weighted by atomic mass is 16.5. The number of hydrogen-bond donors (Lipinski definition) is 2. The number of nitrogens with zero attached hydrogens (tertiary/aromatic N) is 1. The lowest BCUT2D eigenvalue weighted by Crippen LogP contribution is -2.13. The minimum Gasteiger partial charge on any atom is -0.465 e. The van der Waals surface area contributed by atoms with Gasteiger partial charge in [-0.05, 0) is 42.8 Å². The van der Waals surface area contributed by atoms with Crippen molar-refractivity contribution in [2.24, 2.45) is 0 Å². The van der Waals surface area contributed by atoms with Crippen LogP contribution in [0, 0.1) is 18.3 Å². The van der Waals surface area contributed by atoms with Gasteiger partial charge in [-0.3, -0.25) is 4.79 Å². The van der Waals surface area contributed by atoms with Crippen molar-refractivity contribution in [1.29, 1.82) is 5.26 Å². The summed E-state index contributed by atoms with van der Waals surface area (Å²) in [4.78, 5) is 23.6. The topological polar surface area (TPSA) is 91.2 Å². The van der Waals surface area contributed by atoms with E-state index < -0.39 is 5.97 Å². The quantitative estimate of drug-likeness (QED) is 0.497. The maximum atomic E-state index is 12.3. The first-order valence-corrected chi connectivity index (χ1v) is 7.47. The number of benzene rings is 2. The van der Waals surface area contributed by atoms with Gasteiger partial charge in [0.05, 0.1) is 7.11 Å². The molecule has 0 saturated carbocycles. The molecule has 2 N–H and O–H groups in total. The molecule has 0 bridgehead atoms. The van der Waals surface area contributed by atoms with Crippen LogP contribution in [-0.4, -0.2) is 19.0 Å². The van der Waals surface area contributed by atoms with Gasteiger partial charge in [-0.1, -0.05) is 18.2 Å². The molecule has 0 aliphatic rings. The first kappa shape index (κ1) is 17.8. The highest BCUT2D eigenvalue weighted by Crippen LogP contribution is 2.16. The van der Waals surface area contributed by atoms with Crippen LogP contribution in [0.25, 0.3) is 0 Å². The number of nitrogens with one attached hydrogen (secondary N) is 2. The van der Waals surface area contributed by atoms with Crippen molar-refractivity contribution >= 4 is 23.3 Å². The minimum atomic E-state index is -0.711. The summed E-state index contributed by atoms with van der Waals surface area (Å²) in [6.07, 6.45) is 1.27. The second-order valence-electron chi connectivity index (χ2n) is 5.15. The van der Waals surface area contributed by atoms with Gasteiger partial charge in [0.25, 0.3) is 5.91 Å². The van der Waals surface area contributed by atoms with E-state index in [9.17, 15) is 9.59 Å². The lowest BCUT2D eigenvalue weighted by atomic mass is 10.1. The summed E-state index contributed by atoms with van der Waals surface area (Å²) in [5, 5.41) is 14.5. The predicted octanol–water partition coefficient (Wildman–Crippen LogP) is 3.24. The highest BCUT2D eigenvalue weighted by Gasteiger charge is 2.09. The van der Waals surface area contributed by atoms with Gasteiger partial charge in [-0.15, -0.1) is 0 Å². The molecule has 0 atom stereocenters. The fourth-order valence-corrected chi connectivity index (χ4v) is 2.08. The molecule has 0 spiro atoms. The Hall–Kier alpha value is -3.59. The van der Waals surface area contributed by atoms with E-state index in [2.05, 4.69) is 15.4 Å². The van der Waals surface area contributed by atoms with Crippen LogP contribution in [0.5, 0.6) is 0 Å². The number of esters is 1. The Balaban J connectivity index is 2.04. The molecule has 0 heterocycles. The Bertz CT molecular complexity index is 849. The first-order chi connectivity index (χ1) is 12.0. The minimum absolute atomic E-state index is 0.139. The van der Waals surface area contributed by atoms with Crippen molar-refractivity contribution in [2.75, 3.05) is 17.7 Å². The number of carbonyl (C=O) groups excluding carboxylic acids is 2. The zero-order chi connectivity index (χ0) is 18.2. The maximum Gasteiger partial charge on any atom is 0.350 e. The third-order valence-electron chi connectivity index (χ3n) is 3.44. The number of amides is 1. The molecule has 0 aliphatic carbocycles. The molecular weight excluding hydrogens is 318 g/mol. The second kappa shape index (κ2) is 8.31. The van der Waals surface area contributed by atoms with Crippen LogP contribution in [0.15, 0.2) is 60.3 Å². The smallest absolute Gasteiger partial charge is 0.350 e. The second-order valence-corrected chi connectivity index (χ2v) is 5.15. The van der Waals surface area contributed by atoms with Gasteiger partial charge < -0.3 is 15.4 Å². The molecule has 0 saturated heterocycles. The molecule has 25 heavy (non-hydrogen) atoms. The molecule has 1 amide bonds. The number of hydrogen-bond acceptors (Lipinski definition) is 5. The fourth-order valence-electron chi connectivity index (χ4n) is 2.08. The van der Waals surface area contributed by atoms with Gasteiger partial charge in [-0.25, -0.2) is 4.79 Å². The van der Waals surface area contributed by atoms with Crippen LogP contribution in [-0.2, 0) is 9.53 Å². The van der Waals surface area contributed by atoms with Crippen molar-refractivity contribution in [2.45, 2.75) is 6.92 Å². The van der Waals surface area contributed by atoms with Crippen molar-refractivity contribution in [1.82, 2.24) is 0 Å². The molecule has 2 aromatic rings. The van der Waals surface area contributed by atoms with Gasteiger partial charge in [0.1, 0.15) is 6.07 Å². The van der Waals surface area contributed by atoms with Crippen LogP contribution < -0.4 is 10.6 Å². The van der Waals surface area contributed by atoms with E-state index in [1.807, 2.05) is 25.1 Å². The molecule has 0 radical (unpaired) electrons. The summed E-state index contributed by atoms with van der Waals surface area (Å²) < 4.78 is 4.49. The number of aryl methyl sites for hydroxylation is 1. The molecule has 0 fully saturated rings. The summed E-state index contributed by atoms with van der Waals surface area (Å²) in [7, 11) is 1.21. The van der Waals surface area contributed by atoms with Crippen LogP contribution in [0.2, 0.25) is 0 Å². The van der Waals surface area contributed by atoms with Gasteiger partial charge in [0, 0.05) is 23.1 Å². The Morgan fingerprint density at radius 1 is 1.08 bits per heavy atom. The number of nitriles is 1. The normalized spacial score (nSPS) is 10.5. The number of ether oxygens (including phenoxy) is 1. The average molecular weight is 335 g/mol. The molecule has 0 aromatic heterocycles. The summed E-state index contributed by atoms with van der Waals surface area (Å²) in [6.45, 7) is 1.88.